The number of rotatable bonds is 8. The van der Waals surface area contributed by atoms with Crippen LogP contribution in [0, 0.1) is 0 Å². The van der Waals surface area contributed by atoms with Crippen LogP contribution >= 0.6 is 0 Å². The molecule has 2 aromatic carbocycles. The second kappa shape index (κ2) is 8.87. The molecule has 0 heterocycles. The molecular weight excluding hydrogens is 300 g/mol. The van der Waals surface area contributed by atoms with E-state index in [1.165, 1.54) is 5.56 Å². The summed E-state index contributed by atoms with van der Waals surface area (Å²) in [6.07, 6.45) is 2.24. The van der Waals surface area contributed by atoms with Crippen LogP contribution in [0.4, 0.5) is 0 Å². The molecule has 4 nitrogen and oxygen atoms in total. The summed E-state index contributed by atoms with van der Waals surface area (Å²) in [5.74, 6) is -0.484. The van der Waals surface area contributed by atoms with Gasteiger partial charge in [0.2, 0.25) is 5.91 Å². The van der Waals surface area contributed by atoms with Gasteiger partial charge in [0.25, 0.3) is 5.91 Å². The van der Waals surface area contributed by atoms with E-state index in [0.29, 0.717) is 18.7 Å². The molecule has 24 heavy (non-hydrogen) atoms. The van der Waals surface area contributed by atoms with Gasteiger partial charge in [0, 0.05) is 25.1 Å². The summed E-state index contributed by atoms with van der Waals surface area (Å²) in [6, 6.07) is 17.4. The number of carbonyl (C=O) groups is 2. The zero-order valence-corrected chi connectivity index (χ0v) is 14.1. The number of amides is 2. The summed E-state index contributed by atoms with van der Waals surface area (Å²) in [7, 11) is 0. The van der Waals surface area contributed by atoms with Crippen molar-refractivity contribution in [3.05, 3.63) is 71.3 Å². The predicted molar refractivity (Wildman–Crippen MR) is 95.4 cm³/mol. The van der Waals surface area contributed by atoms with Crippen molar-refractivity contribution in [2.45, 2.75) is 32.7 Å². The molecule has 0 aromatic heterocycles. The van der Waals surface area contributed by atoms with Gasteiger partial charge in [-0.2, -0.15) is 0 Å². The van der Waals surface area contributed by atoms with Crippen LogP contribution in [-0.4, -0.2) is 23.3 Å². The molecule has 0 bridgehead atoms. The van der Waals surface area contributed by atoms with E-state index in [9.17, 15) is 9.59 Å². The van der Waals surface area contributed by atoms with Crippen molar-refractivity contribution in [1.82, 2.24) is 4.90 Å². The number of hydrogen-bond acceptors (Lipinski definition) is 2. The topological polar surface area (TPSA) is 63.4 Å². The van der Waals surface area contributed by atoms with Gasteiger partial charge in [0.1, 0.15) is 0 Å². The fraction of sp³-hybridized carbons (Fsp3) is 0.300. The smallest absolute Gasteiger partial charge is 0.254 e. The van der Waals surface area contributed by atoms with Crippen molar-refractivity contribution in [2.75, 3.05) is 6.54 Å². The van der Waals surface area contributed by atoms with Crippen LogP contribution in [0.25, 0.3) is 0 Å². The number of hydrogen-bond donors (Lipinski definition) is 1. The van der Waals surface area contributed by atoms with E-state index in [-0.39, 0.29) is 12.3 Å². The van der Waals surface area contributed by atoms with E-state index in [4.69, 9.17) is 5.73 Å². The molecule has 2 amide bonds. The minimum Gasteiger partial charge on any atom is -0.370 e. The van der Waals surface area contributed by atoms with Gasteiger partial charge in [-0.3, -0.25) is 9.59 Å². The van der Waals surface area contributed by atoms with Crippen LogP contribution in [0.1, 0.15) is 41.3 Å². The van der Waals surface area contributed by atoms with Crippen molar-refractivity contribution < 1.29 is 9.59 Å². The molecular formula is C20H24N2O2. The van der Waals surface area contributed by atoms with E-state index in [1.54, 1.807) is 4.90 Å². The van der Waals surface area contributed by atoms with E-state index in [2.05, 4.69) is 6.92 Å². The summed E-state index contributed by atoms with van der Waals surface area (Å²) >= 11 is 0. The highest BCUT2D eigenvalue weighted by Crippen LogP contribution is 2.13. The van der Waals surface area contributed by atoms with Gasteiger partial charge in [0.05, 0.1) is 0 Å². The summed E-state index contributed by atoms with van der Waals surface area (Å²) in [6.45, 7) is 2.91. The first kappa shape index (κ1) is 17.7. The number of nitrogens with two attached hydrogens (primary N) is 1. The lowest BCUT2D eigenvalue weighted by atomic mass is 10.1. The minimum absolute atomic E-state index is 0.0804. The number of aryl methyl sites for hydroxylation is 1. The Morgan fingerprint density at radius 3 is 2.21 bits per heavy atom. The zero-order valence-electron chi connectivity index (χ0n) is 14.1. The summed E-state index contributed by atoms with van der Waals surface area (Å²) in [5.41, 5.74) is 8.13. The van der Waals surface area contributed by atoms with E-state index in [1.807, 2.05) is 54.6 Å². The van der Waals surface area contributed by atoms with E-state index in [0.717, 1.165) is 18.4 Å². The highest BCUT2D eigenvalue weighted by Gasteiger charge is 2.16. The molecule has 2 rings (SSSR count). The average molecular weight is 324 g/mol. The van der Waals surface area contributed by atoms with Gasteiger partial charge >= 0.3 is 0 Å². The second-order valence-electron chi connectivity index (χ2n) is 5.88. The molecule has 2 N–H and O–H groups in total. The third-order valence-corrected chi connectivity index (χ3v) is 3.87. The number of carbonyl (C=O) groups excluding carboxylic acids is 2. The van der Waals surface area contributed by atoms with Crippen LogP contribution in [0.3, 0.4) is 0 Å². The van der Waals surface area contributed by atoms with Crippen molar-refractivity contribution in [2.24, 2.45) is 5.73 Å². The third-order valence-electron chi connectivity index (χ3n) is 3.87. The maximum atomic E-state index is 12.8. The maximum absolute atomic E-state index is 12.8. The molecule has 0 aliphatic rings. The normalized spacial score (nSPS) is 10.4. The Hall–Kier alpha value is -2.62. The SMILES string of the molecule is CCCc1ccc(C(=O)N(CCC(N)=O)Cc2ccccc2)cc1. The van der Waals surface area contributed by atoms with Crippen molar-refractivity contribution in [3.8, 4) is 0 Å². The molecule has 0 unspecified atom stereocenters. The standard InChI is InChI=1S/C20H24N2O2/c1-2-6-16-9-11-18(12-10-16)20(24)22(14-13-19(21)23)15-17-7-4-3-5-8-17/h3-5,7-12H,2,6,13-15H2,1H3,(H2,21,23). The number of primary amides is 1. The Bertz CT molecular complexity index is 666. The molecule has 0 saturated carbocycles. The molecule has 0 fully saturated rings. The summed E-state index contributed by atoms with van der Waals surface area (Å²) in [5, 5.41) is 0. The molecule has 0 radical (unpaired) electrons. The largest absolute Gasteiger partial charge is 0.370 e. The fourth-order valence-corrected chi connectivity index (χ4v) is 2.59. The Morgan fingerprint density at radius 1 is 0.958 bits per heavy atom. The molecule has 0 atom stereocenters. The Labute approximate surface area is 143 Å². The number of benzene rings is 2. The Balaban J connectivity index is 2.14. The first-order valence-electron chi connectivity index (χ1n) is 8.30. The maximum Gasteiger partial charge on any atom is 0.254 e. The lowest BCUT2D eigenvalue weighted by Crippen LogP contribution is -2.33. The lowest BCUT2D eigenvalue weighted by molar-refractivity contribution is -0.118. The predicted octanol–water partition coefficient (Wildman–Crippen LogP) is 3.16. The van der Waals surface area contributed by atoms with Crippen molar-refractivity contribution in [1.29, 1.82) is 0 Å². The summed E-state index contributed by atoms with van der Waals surface area (Å²) in [4.78, 5) is 25.6. The molecule has 2 aromatic rings. The quantitative estimate of drug-likeness (QED) is 0.810. The van der Waals surface area contributed by atoms with Gasteiger partial charge in [0.15, 0.2) is 0 Å². The minimum atomic E-state index is -0.404. The van der Waals surface area contributed by atoms with Crippen molar-refractivity contribution in [3.63, 3.8) is 0 Å². The number of nitrogens with zero attached hydrogens (tertiary/aromatic N) is 1. The fourth-order valence-electron chi connectivity index (χ4n) is 2.59. The average Bonchev–Trinajstić information content (AvgIpc) is 2.60. The Morgan fingerprint density at radius 2 is 1.62 bits per heavy atom. The lowest BCUT2D eigenvalue weighted by Gasteiger charge is -2.22. The van der Waals surface area contributed by atoms with Gasteiger partial charge in [-0.05, 0) is 29.7 Å². The van der Waals surface area contributed by atoms with Crippen LogP contribution in [0.2, 0.25) is 0 Å². The molecule has 0 spiro atoms. The van der Waals surface area contributed by atoms with Gasteiger partial charge < -0.3 is 10.6 Å². The van der Waals surface area contributed by atoms with Crippen molar-refractivity contribution >= 4 is 11.8 Å². The molecule has 0 saturated heterocycles. The first-order valence-corrected chi connectivity index (χ1v) is 8.30. The van der Waals surface area contributed by atoms with Crippen LogP contribution in [0.5, 0.6) is 0 Å². The van der Waals surface area contributed by atoms with E-state index >= 15 is 0 Å². The molecule has 4 heteroatoms. The van der Waals surface area contributed by atoms with Gasteiger partial charge in [-0.1, -0.05) is 55.8 Å². The van der Waals surface area contributed by atoms with Gasteiger partial charge in [-0.25, -0.2) is 0 Å². The van der Waals surface area contributed by atoms with Crippen LogP contribution < -0.4 is 5.73 Å². The third kappa shape index (κ3) is 5.23. The second-order valence-corrected chi connectivity index (χ2v) is 5.88. The monoisotopic (exact) mass is 324 g/mol. The van der Waals surface area contributed by atoms with E-state index < -0.39 is 5.91 Å². The highest BCUT2D eigenvalue weighted by molar-refractivity contribution is 5.94. The van der Waals surface area contributed by atoms with Crippen LogP contribution in [-0.2, 0) is 17.8 Å². The highest BCUT2D eigenvalue weighted by atomic mass is 16.2. The van der Waals surface area contributed by atoms with Gasteiger partial charge in [-0.15, -0.1) is 0 Å². The molecule has 0 aliphatic carbocycles. The Kier molecular flexibility index (Phi) is 6.55. The molecule has 0 aliphatic heterocycles. The zero-order chi connectivity index (χ0) is 17.4. The summed E-state index contributed by atoms with van der Waals surface area (Å²) < 4.78 is 0. The molecule has 126 valence electrons. The first-order chi connectivity index (χ1) is 11.6. The van der Waals surface area contributed by atoms with Crippen LogP contribution in [0.15, 0.2) is 54.6 Å².